The first-order valence-electron chi connectivity index (χ1n) is 3.99. The summed E-state index contributed by atoms with van der Waals surface area (Å²) in [5.41, 5.74) is 1.42. The monoisotopic (exact) mass is 192 g/mol. The van der Waals surface area contributed by atoms with Gasteiger partial charge in [0, 0.05) is 0 Å². The molecule has 0 atom stereocenters. The second-order valence-electron chi connectivity index (χ2n) is 2.61. The van der Waals surface area contributed by atoms with Gasteiger partial charge in [-0.3, -0.25) is 0 Å². The van der Waals surface area contributed by atoms with E-state index in [1.54, 1.807) is 12.1 Å². The number of aromatic nitrogens is 2. The van der Waals surface area contributed by atoms with E-state index in [0.717, 1.165) is 5.52 Å². The summed E-state index contributed by atoms with van der Waals surface area (Å²) in [4.78, 5) is 17.8. The Morgan fingerprint density at radius 3 is 3.14 bits per heavy atom. The van der Waals surface area contributed by atoms with Gasteiger partial charge in [-0.2, -0.15) is 0 Å². The van der Waals surface area contributed by atoms with Crippen LogP contribution in [-0.4, -0.2) is 23.2 Å². The Morgan fingerprint density at radius 1 is 1.50 bits per heavy atom. The lowest BCUT2D eigenvalue weighted by molar-refractivity contribution is 0.122. The molecule has 0 saturated carbocycles. The summed E-state index contributed by atoms with van der Waals surface area (Å²) in [7, 11) is 1.26. The third kappa shape index (κ3) is 1.39. The van der Waals surface area contributed by atoms with Gasteiger partial charge in [0.15, 0.2) is 5.75 Å². The van der Waals surface area contributed by atoms with Gasteiger partial charge >= 0.3 is 6.16 Å². The van der Waals surface area contributed by atoms with E-state index in [9.17, 15) is 4.79 Å². The quantitative estimate of drug-likeness (QED) is 0.551. The number of hydrogen-bond acceptors (Lipinski definition) is 4. The summed E-state index contributed by atoms with van der Waals surface area (Å²) in [6, 6.07) is 5.26. The minimum atomic E-state index is -0.750. The molecule has 1 N–H and O–H groups in total. The average Bonchev–Trinajstić information content (AvgIpc) is 2.66. The Kier molecular flexibility index (Phi) is 2.06. The predicted octanol–water partition coefficient (Wildman–Crippen LogP) is 1.71. The average molecular weight is 192 g/mol. The third-order valence-electron chi connectivity index (χ3n) is 1.77. The number of nitrogens with one attached hydrogen (secondary N) is 1. The molecular weight excluding hydrogens is 184 g/mol. The van der Waals surface area contributed by atoms with Crippen molar-refractivity contribution in [2.45, 2.75) is 0 Å². The van der Waals surface area contributed by atoms with Gasteiger partial charge in [0.2, 0.25) is 0 Å². The van der Waals surface area contributed by atoms with E-state index < -0.39 is 6.16 Å². The van der Waals surface area contributed by atoms with Gasteiger partial charge in [-0.25, -0.2) is 9.78 Å². The highest BCUT2D eigenvalue weighted by molar-refractivity contribution is 5.83. The molecule has 0 saturated heterocycles. The Morgan fingerprint density at radius 2 is 2.36 bits per heavy atom. The number of rotatable bonds is 1. The first kappa shape index (κ1) is 8.55. The first-order valence-corrected chi connectivity index (χ1v) is 3.99. The fraction of sp³-hybridized carbons (Fsp3) is 0.111. The molecule has 1 heterocycles. The summed E-state index contributed by atoms with van der Waals surface area (Å²) in [5, 5.41) is 0. The molecule has 0 spiro atoms. The lowest BCUT2D eigenvalue weighted by Crippen LogP contribution is -2.07. The fourth-order valence-electron chi connectivity index (χ4n) is 1.15. The Balaban J connectivity index is 2.41. The number of imidazole rings is 1. The van der Waals surface area contributed by atoms with E-state index in [-0.39, 0.29) is 0 Å². The van der Waals surface area contributed by atoms with Crippen molar-refractivity contribution in [1.29, 1.82) is 0 Å². The number of benzene rings is 1. The summed E-state index contributed by atoms with van der Waals surface area (Å²) in [6.07, 6.45) is 0.787. The molecule has 0 aliphatic heterocycles. The molecule has 1 aromatic heterocycles. The van der Waals surface area contributed by atoms with Crippen molar-refractivity contribution in [3.63, 3.8) is 0 Å². The Hall–Kier alpha value is -2.04. The van der Waals surface area contributed by atoms with Crippen LogP contribution in [0.25, 0.3) is 11.0 Å². The zero-order valence-electron chi connectivity index (χ0n) is 7.48. The normalized spacial score (nSPS) is 10.1. The number of carbonyl (C=O) groups is 1. The molecule has 14 heavy (non-hydrogen) atoms. The molecule has 2 rings (SSSR count). The van der Waals surface area contributed by atoms with Gasteiger partial charge in [-0.05, 0) is 12.1 Å². The van der Waals surface area contributed by atoms with Crippen LogP contribution in [0.4, 0.5) is 4.79 Å². The number of methoxy groups -OCH3 is 1. The number of fused-ring (bicyclic) bond motifs is 1. The largest absolute Gasteiger partial charge is 0.513 e. The van der Waals surface area contributed by atoms with E-state index in [0.29, 0.717) is 11.3 Å². The van der Waals surface area contributed by atoms with Crippen LogP contribution >= 0.6 is 0 Å². The van der Waals surface area contributed by atoms with Crippen molar-refractivity contribution in [1.82, 2.24) is 9.97 Å². The maximum atomic E-state index is 10.9. The number of para-hydroxylation sites is 1. The number of H-pyrrole nitrogens is 1. The number of nitrogens with zero attached hydrogens (tertiary/aromatic N) is 1. The maximum Gasteiger partial charge on any atom is 0.513 e. The topological polar surface area (TPSA) is 64.2 Å². The van der Waals surface area contributed by atoms with Crippen molar-refractivity contribution in [2.75, 3.05) is 7.11 Å². The third-order valence-corrected chi connectivity index (χ3v) is 1.77. The molecule has 2 aromatic rings. The SMILES string of the molecule is COC(=O)Oc1cccc2[nH]cnc12. The Bertz CT molecular complexity index is 464. The number of carbonyl (C=O) groups excluding carboxylic acids is 1. The molecule has 0 amide bonds. The highest BCUT2D eigenvalue weighted by atomic mass is 16.7. The second-order valence-corrected chi connectivity index (χ2v) is 2.61. The molecule has 0 bridgehead atoms. The van der Waals surface area contributed by atoms with E-state index >= 15 is 0 Å². The van der Waals surface area contributed by atoms with Crippen molar-refractivity contribution < 1.29 is 14.3 Å². The van der Waals surface area contributed by atoms with Crippen LogP contribution in [0.2, 0.25) is 0 Å². The second kappa shape index (κ2) is 3.37. The summed E-state index contributed by atoms with van der Waals surface area (Å²) in [5.74, 6) is 0.385. The maximum absolute atomic E-state index is 10.9. The molecule has 0 aliphatic rings. The predicted molar refractivity (Wildman–Crippen MR) is 49.1 cm³/mol. The van der Waals surface area contributed by atoms with Crippen LogP contribution in [0.3, 0.4) is 0 Å². The van der Waals surface area contributed by atoms with E-state index in [1.807, 2.05) is 6.07 Å². The molecule has 0 unspecified atom stereocenters. The molecule has 0 fully saturated rings. The minimum absolute atomic E-state index is 0.385. The zero-order chi connectivity index (χ0) is 9.97. The smallest absolute Gasteiger partial charge is 0.437 e. The summed E-state index contributed by atoms with van der Waals surface area (Å²) < 4.78 is 9.27. The lowest BCUT2D eigenvalue weighted by atomic mass is 10.3. The number of ether oxygens (including phenoxy) is 2. The van der Waals surface area contributed by atoms with E-state index in [1.165, 1.54) is 13.4 Å². The number of aromatic amines is 1. The summed E-state index contributed by atoms with van der Waals surface area (Å²) >= 11 is 0. The number of hydrogen-bond donors (Lipinski definition) is 1. The minimum Gasteiger partial charge on any atom is -0.437 e. The standard InChI is InChI=1S/C9H8N2O3/c1-13-9(12)14-7-4-2-3-6-8(7)11-5-10-6/h2-5H,1H3,(H,10,11). The van der Waals surface area contributed by atoms with Crippen LogP contribution in [0, 0.1) is 0 Å². The highest BCUT2D eigenvalue weighted by Gasteiger charge is 2.08. The van der Waals surface area contributed by atoms with E-state index in [4.69, 9.17) is 4.74 Å². The van der Waals surface area contributed by atoms with Gasteiger partial charge in [-0.15, -0.1) is 0 Å². The van der Waals surface area contributed by atoms with Crippen LogP contribution in [-0.2, 0) is 4.74 Å². The first-order chi connectivity index (χ1) is 6.81. The van der Waals surface area contributed by atoms with Gasteiger partial charge < -0.3 is 14.5 Å². The Labute approximate surface area is 79.7 Å². The fourth-order valence-corrected chi connectivity index (χ4v) is 1.15. The lowest BCUT2D eigenvalue weighted by Gasteiger charge is -2.01. The molecule has 1 aromatic carbocycles. The molecule has 0 radical (unpaired) electrons. The molecular formula is C9H8N2O3. The van der Waals surface area contributed by atoms with Gasteiger partial charge in [0.1, 0.15) is 5.52 Å². The summed E-state index contributed by atoms with van der Waals surface area (Å²) in [6.45, 7) is 0. The van der Waals surface area contributed by atoms with Gasteiger partial charge in [0.25, 0.3) is 0 Å². The van der Waals surface area contributed by atoms with Crippen LogP contribution < -0.4 is 4.74 Å². The van der Waals surface area contributed by atoms with Crippen molar-refractivity contribution in [2.24, 2.45) is 0 Å². The molecule has 5 nitrogen and oxygen atoms in total. The molecule has 72 valence electrons. The van der Waals surface area contributed by atoms with Crippen molar-refractivity contribution in [3.05, 3.63) is 24.5 Å². The van der Waals surface area contributed by atoms with Crippen LogP contribution in [0.5, 0.6) is 5.75 Å². The highest BCUT2D eigenvalue weighted by Crippen LogP contribution is 2.22. The van der Waals surface area contributed by atoms with E-state index in [2.05, 4.69) is 14.7 Å². The van der Waals surface area contributed by atoms with Gasteiger partial charge in [0.05, 0.1) is 19.0 Å². The molecule has 0 aliphatic carbocycles. The van der Waals surface area contributed by atoms with Crippen LogP contribution in [0.1, 0.15) is 0 Å². The van der Waals surface area contributed by atoms with Crippen molar-refractivity contribution >= 4 is 17.2 Å². The molecule has 5 heteroatoms. The zero-order valence-corrected chi connectivity index (χ0v) is 7.48. The van der Waals surface area contributed by atoms with Crippen molar-refractivity contribution in [3.8, 4) is 5.75 Å². The van der Waals surface area contributed by atoms with Gasteiger partial charge in [-0.1, -0.05) is 6.07 Å². The van der Waals surface area contributed by atoms with Crippen LogP contribution in [0.15, 0.2) is 24.5 Å².